The summed E-state index contributed by atoms with van der Waals surface area (Å²) in [5.41, 5.74) is 8.58. The van der Waals surface area contributed by atoms with Crippen molar-refractivity contribution in [2.75, 3.05) is 12.3 Å². The second-order valence-corrected chi connectivity index (χ2v) is 8.47. The number of nitrogens with zero attached hydrogens (tertiary/aromatic N) is 3. The molecule has 4 N–H and O–H groups in total. The van der Waals surface area contributed by atoms with E-state index in [1.165, 1.54) is 0 Å². The molecule has 0 bridgehead atoms. The van der Waals surface area contributed by atoms with E-state index in [-0.39, 0.29) is 17.7 Å². The van der Waals surface area contributed by atoms with Crippen LogP contribution in [0, 0.1) is 17.2 Å². The molecule has 3 rings (SSSR count). The van der Waals surface area contributed by atoms with E-state index in [0.29, 0.717) is 42.9 Å². The summed E-state index contributed by atoms with van der Waals surface area (Å²) in [6.07, 6.45) is 1.38. The largest absolute Gasteiger partial charge is 0.382 e. The van der Waals surface area contributed by atoms with Crippen LogP contribution in [0.5, 0.6) is 0 Å². The Morgan fingerprint density at radius 1 is 1.09 bits per heavy atom. The highest BCUT2D eigenvalue weighted by molar-refractivity contribution is 5.88. The minimum absolute atomic E-state index is 0.167. The van der Waals surface area contributed by atoms with Crippen LogP contribution in [0.2, 0.25) is 0 Å². The SMILES string of the molecule is CC(C)CC(=O)NC(C(=O)NCCCc1nn(-c2ccccc2)c(N)c1C#N)c1ccccc1. The predicted octanol–water partition coefficient (Wildman–Crippen LogP) is 3.28. The van der Waals surface area contributed by atoms with E-state index in [1.54, 1.807) is 4.68 Å². The molecular formula is C26H30N6O2. The number of nitrogen functional groups attached to an aromatic ring is 1. The monoisotopic (exact) mass is 458 g/mol. The van der Waals surface area contributed by atoms with Crippen molar-refractivity contribution in [3.05, 3.63) is 77.5 Å². The Morgan fingerprint density at radius 2 is 1.74 bits per heavy atom. The summed E-state index contributed by atoms with van der Waals surface area (Å²) in [7, 11) is 0. The van der Waals surface area contributed by atoms with E-state index in [2.05, 4.69) is 21.8 Å². The number of nitrogens with one attached hydrogen (secondary N) is 2. The van der Waals surface area contributed by atoms with Crippen LogP contribution in [-0.4, -0.2) is 28.1 Å². The van der Waals surface area contributed by atoms with Gasteiger partial charge in [-0.15, -0.1) is 0 Å². The molecule has 2 aromatic carbocycles. The Hall–Kier alpha value is -4.12. The van der Waals surface area contributed by atoms with Gasteiger partial charge in [-0.2, -0.15) is 10.4 Å². The summed E-state index contributed by atoms with van der Waals surface area (Å²) >= 11 is 0. The summed E-state index contributed by atoms with van der Waals surface area (Å²) in [6, 6.07) is 19.9. The van der Waals surface area contributed by atoms with Crippen LogP contribution in [0.15, 0.2) is 60.7 Å². The van der Waals surface area contributed by atoms with Crippen LogP contribution in [0.1, 0.15) is 49.6 Å². The van der Waals surface area contributed by atoms with Gasteiger partial charge in [-0.1, -0.05) is 62.4 Å². The van der Waals surface area contributed by atoms with Crippen molar-refractivity contribution < 1.29 is 9.59 Å². The molecule has 0 aliphatic carbocycles. The molecule has 0 saturated carbocycles. The topological polar surface area (TPSA) is 126 Å². The number of rotatable bonds is 10. The van der Waals surface area contributed by atoms with Gasteiger partial charge in [0, 0.05) is 13.0 Å². The molecule has 34 heavy (non-hydrogen) atoms. The molecule has 1 heterocycles. The lowest BCUT2D eigenvalue weighted by Gasteiger charge is -2.19. The van der Waals surface area contributed by atoms with Gasteiger partial charge in [0.1, 0.15) is 23.5 Å². The van der Waals surface area contributed by atoms with Gasteiger partial charge in [-0.3, -0.25) is 9.59 Å². The molecule has 0 fully saturated rings. The highest BCUT2D eigenvalue weighted by Gasteiger charge is 2.23. The Labute approximate surface area is 199 Å². The Bertz CT molecular complexity index is 1150. The Balaban J connectivity index is 1.63. The van der Waals surface area contributed by atoms with Crippen LogP contribution in [0.3, 0.4) is 0 Å². The first-order valence-electron chi connectivity index (χ1n) is 11.4. The quantitative estimate of drug-likeness (QED) is 0.402. The third-order valence-electron chi connectivity index (χ3n) is 5.29. The second kappa shape index (κ2) is 11.7. The number of nitrogens with two attached hydrogens (primary N) is 1. The van der Waals surface area contributed by atoms with Gasteiger partial charge in [0.2, 0.25) is 11.8 Å². The molecule has 0 radical (unpaired) electrons. The molecule has 8 heteroatoms. The zero-order valence-corrected chi connectivity index (χ0v) is 19.5. The van der Waals surface area contributed by atoms with Crippen LogP contribution >= 0.6 is 0 Å². The number of anilines is 1. The zero-order valence-electron chi connectivity index (χ0n) is 19.5. The van der Waals surface area contributed by atoms with E-state index in [1.807, 2.05) is 74.5 Å². The Morgan fingerprint density at radius 3 is 2.35 bits per heavy atom. The molecule has 8 nitrogen and oxygen atoms in total. The summed E-state index contributed by atoms with van der Waals surface area (Å²) in [5.74, 6) is 0.0411. The molecule has 2 amide bonds. The maximum atomic E-state index is 12.9. The van der Waals surface area contributed by atoms with Crippen molar-refractivity contribution in [3.63, 3.8) is 0 Å². The fourth-order valence-corrected chi connectivity index (χ4v) is 3.65. The molecule has 1 aromatic heterocycles. The number of aromatic nitrogens is 2. The zero-order chi connectivity index (χ0) is 24.5. The summed E-state index contributed by atoms with van der Waals surface area (Å²) < 4.78 is 1.56. The molecule has 1 unspecified atom stereocenters. The number of carbonyl (C=O) groups is 2. The number of para-hydroxylation sites is 1. The lowest BCUT2D eigenvalue weighted by molar-refractivity contribution is -0.129. The third kappa shape index (κ3) is 6.23. The number of aryl methyl sites for hydroxylation is 1. The van der Waals surface area contributed by atoms with Crippen molar-refractivity contribution in [1.82, 2.24) is 20.4 Å². The first kappa shape index (κ1) is 24.5. The fourth-order valence-electron chi connectivity index (χ4n) is 3.65. The van der Waals surface area contributed by atoms with E-state index >= 15 is 0 Å². The number of carbonyl (C=O) groups excluding carboxylic acids is 2. The summed E-state index contributed by atoms with van der Waals surface area (Å²) in [4.78, 5) is 25.3. The minimum Gasteiger partial charge on any atom is -0.382 e. The van der Waals surface area contributed by atoms with Gasteiger partial charge in [0.25, 0.3) is 0 Å². The fraction of sp³-hybridized carbons (Fsp3) is 0.308. The Kier molecular flexibility index (Phi) is 8.41. The maximum Gasteiger partial charge on any atom is 0.247 e. The van der Waals surface area contributed by atoms with Crippen molar-refractivity contribution in [2.24, 2.45) is 5.92 Å². The lowest BCUT2D eigenvalue weighted by Crippen LogP contribution is -2.41. The average molecular weight is 459 g/mol. The number of amides is 2. The molecule has 3 aromatic rings. The molecule has 0 saturated heterocycles. The van der Waals surface area contributed by atoms with E-state index < -0.39 is 6.04 Å². The van der Waals surface area contributed by atoms with Crippen LogP contribution in [0.25, 0.3) is 5.69 Å². The normalized spacial score (nSPS) is 11.6. The van der Waals surface area contributed by atoms with E-state index in [9.17, 15) is 14.9 Å². The smallest absolute Gasteiger partial charge is 0.247 e. The molecular weight excluding hydrogens is 428 g/mol. The van der Waals surface area contributed by atoms with Crippen LogP contribution in [-0.2, 0) is 16.0 Å². The molecule has 176 valence electrons. The lowest BCUT2D eigenvalue weighted by atomic mass is 10.0. The number of hydrogen-bond donors (Lipinski definition) is 3. The van der Waals surface area contributed by atoms with Crippen molar-refractivity contribution in [3.8, 4) is 11.8 Å². The van der Waals surface area contributed by atoms with Gasteiger partial charge >= 0.3 is 0 Å². The van der Waals surface area contributed by atoms with Crippen LogP contribution < -0.4 is 16.4 Å². The minimum atomic E-state index is -0.768. The highest BCUT2D eigenvalue weighted by atomic mass is 16.2. The van der Waals surface area contributed by atoms with Crippen molar-refractivity contribution in [1.29, 1.82) is 5.26 Å². The van der Waals surface area contributed by atoms with Gasteiger partial charge in [0.05, 0.1) is 11.4 Å². The average Bonchev–Trinajstić information content (AvgIpc) is 3.15. The number of benzene rings is 2. The molecule has 0 aliphatic rings. The first-order valence-corrected chi connectivity index (χ1v) is 11.4. The van der Waals surface area contributed by atoms with Crippen molar-refractivity contribution >= 4 is 17.6 Å². The summed E-state index contributed by atoms with van der Waals surface area (Å²) in [6.45, 7) is 4.28. The van der Waals surface area contributed by atoms with Crippen LogP contribution in [0.4, 0.5) is 5.82 Å². The van der Waals surface area contributed by atoms with E-state index in [0.717, 1.165) is 11.3 Å². The first-order chi connectivity index (χ1) is 16.4. The second-order valence-electron chi connectivity index (χ2n) is 8.47. The van der Waals surface area contributed by atoms with Gasteiger partial charge < -0.3 is 16.4 Å². The van der Waals surface area contributed by atoms with Crippen molar-refractivity contribution in [2.45, 2.75) is 39.2 Å². The van der Waals surface area contributed by atoms with Gasteiger partial charge in [-0.25, -0.2) is 4.68 Å². The summed E-state index contributed by atoms with van der Waals surface area (Å²) in [5, 5.41) is 19.8. The van der Waals surface area contributed by atoms with E-state index in [4.69, 9.17) is 5.73 Å². The van der Waals surface area contributed by atoms with Gasteiger partial charge in [-0.05, 0) is 36.5 Å². The van der Waals surface area contributed by atoms with Gasteiger partial charge in [0.15, 0.2) is 0 Å². The predicted molar refractivity (Wildman–Crippen MR) is 131 cm³/mol. The standard InChI is InChI=1S/C26H30N6O2/c1-18(2)16-23(33)30-24(19-10-5-3-6-11-19)26(34)29-15-9-14-22-21(17-27)25(28)32(31-22)20-12-7-4-8-13-20/h3-8,10-13,18,24H,9,14-16,28H2,1-2H3,(H,29,34)(H,30,33). The third-order valence-corrected chi connectivity index (χ3v) is 5.29. The molecule has 0 spiro atoms. The highest BCUT2D eigenvalue weighted by Crippen LogP contribution is 2.21. The number of nitriles is 1. The molecule has 0 aliphatic heterocycles. The number of hydrogen-bond acceptors (Lipinski definition) is 5. The molecule has 1 atom stereocenters. The maximum absolute atomic E-state index is 12.9.